The summed E-state index contributed by atoms with van der Waals surface area (Å²) < 4.78 is 5.25. The molecule has 0 radical (unpaired) electrons. The van der Waals surface area contributed by atoms with Crippen LogP contribution in [0, 0.1) is 13.8 Å². The maximum atomic E-state index is 12.5. The number of hydrogen-bond donors (Lipinski definition) is 1. The molecular weight excluding hydrogens is 326 g/mol. The predicted octanol–water partition coefficient (Wildman–Crippen LogP) is 1.98. The van der Waals surface area contributed by atoms with Crippen LogP contribution >= 0.6 is 11.3 Å². The first-order valence-electron chi connectivity index (χ1n) is 8.11. The molecule has 130 valence electrons. The van der Waals surface area contributed by atoms with Crippen LogP contribution in [-0.2, 0) is 19.5 Å². The molecule has 0 saturated heterocycles. The standard InChI is InChI=1S/C17H23N3O3S/c1-11-14(12(2)23-18-11)8-20-5-4-13-15(10-24-16(13)9-20)17(22)19(3)6-7-21/h10,21H,4-9H2,1-3H3. The Kier molecular flexibility index (Phi) is 5.03. The molecule has 0 aliphatic carbocycles. The number of nitrogens with zero attached hydrogens (tertiary/aromatic N) is 3. The SMILES string of the molecule is Cc1noc(C)c1CN1CCc2c(C(=O)N(C)CCO)csc2C1. The molecular formula is C17H23N3O3S. The molecule has 3 rings (SSSR count). The van der Waals surface area contributed by atoms with Crippen molar-refractivity contribution in [3.8, 4) is 0 Å². The highest BCUT2D eigenvalue weighted by atomic mass is 32.1. The van der Waals surface area contributed by atoms with Crippen LogP contribution in [0.1, 0.15) is 37.8 Å². The van der Waals surface area contributed by atoms with Crippen molar-refractivity contribution in [2.45, 2.75) is 33.4 Å². The Morgan fingerprint density at radius 2 is 2.29 bits per heavy atom. The number of aromatic nitrogens is 1. The summed E-state index contributed by atoms with van der Waals surface area (Å²) in [7, 11) is 1.73. The van der Waals surface area contributed by atoms with Gasteiger partial charge in [0.15, 0.2) is 0 Å². The maximum absolute atomic E-state index is 12.5. The maximum Gasteiger partial charge on any atom is 0.254 e. The second-order valence-electron chi connectivity index (χ2n) is 6.26. The Hall–Kier alpha value is -1.70. The van der Waals surface area contributed by atoms with Gasteiger partial charge in [-0.15, -0.1) is 11.3 Å². The van der Waals surface area contributed by atoms with Gasteiger partial charge in [-0.2, -0.15) is 0 Å². The van der Waals surface area contributed by atoms with Crippen LogP contribution in [0.15, 0.2) is 9.90 Å². The van der Waals surface area contributed by atoms with Crippen molar-refractivity contribution in [1.82, 2.24) is 15.0 Å². The van der Waals surface area contributed by atoms with Crippen molar-refractivity contribution in [3.05, 3.63) is 38.4 Å². The van der Waals surface area contributed by atoms with Crippen LogP contribution < -0.4 is 0 Å². The van der Waals surface area contributed by atoms with Gasteiger partial charge >= 0.3 is 0 Å². The van der Waals surface area contributed by atoms with E-state index in [9.17, 15) is 4.79 Å². The van der Waals surface area contributed by atoms with E-state index in [2.05, 4.69) is 10.1 Å². The Morgan fingerprint density at radius 1 is 1.50 bits per heavy atom. The van der Waals surface area contributed by atoms with E-state index < -0.39 is 0 Å². The first kappa shape index (κ1) is 17.1. The van der Waals surface area contributed by atoms with Gasteiger partial charge in [0.05, 0.1) is 17.9 Å². The molecule has 1 amide bonds. The number of aliphatic hydroxyl groups excluding tert-OH is 1. The van der Waals surface area contributed by atoms with Crippen LogP contribution in [0.3, 0.4) is 0 Å². The van der Waals surface area contributed by atoms with Crippen LogP contribution in [0.25, 0.3) is 0 Å². The topological polar surface area (TPSA) is 69.8 Å². The summed E-state index contributed by atoms with van der Waals surface area (Å²) >= 11 is 1.65. The fraction of sp³-hybridized carbons (Fsp3) is 0.529. The lowest BCUT2D eigenvalue weighted by molar-refractivity contribution is 0.0765. The number of thiophene rings is 1. The molecule has 0 bridgehead atoms. The number of hydrogen-bond acceptors (Lipinski definition) is 6. The van der Waals surface area contributed by atoms with Gasteiger partial charge in [-0.25, -0.2) is 0 Å². The number of carbonyl (C=O) groups is 1. The number of amides is 1. The number of carbonyl (C=O) groups excluding carboxylic acids is 1. The lowest BCUT2D eigenvalue weighted by atomic mass is 10.0. The molecule has 0 saturated carbocycles. The molecule has 0 unspecified atom stereocenters. The highest BCUT2D eigenvalue weighted by molar-refractivity contribution is 7.10. The second-order valence-corrected chi connectivity index (χ2v) is 7.23. The normalized spacial score (nSPS) is 14.7. The minimum Gasteiger partial charge on any atom is -0.395 e. The van der Waals surface area contributed by atoms with E-state index in [1.807, 2.05) is 19.2 Å². The number of rotatable bonds is 5. The minimum atomic E-state index is -0.0141. The Labute approximate surface area is 145 Å². The smallest absolute Gasteiger partial charge is 0.254 e. The fourth-order valence-electron chi connectivity index (χ4n) is 3.10. The third kappa shape index (κ3) is 3.24. The summed E-state index contributed by atoms with van der Waals surface area (Å²) in [6.45, 7) is 6.86. The van der Waals surface area contributed by atoms with Crippen LogP contribution in [0.5, 0.6) is 0 Å². The van der Waals surface area contributed by atoms with Crippen molar-refractivity contribution >= 4 is 17.2 Å². The largest absolute Gasteiger partial charge is 0.395 e. The van der Waals surface area contributed by atoms with Gasteiger partial charge in [0, 0.05) is 49.0 Å². The summed E-state index contributed by atoms with van der Waals surface area (Å²) in [5.41, 5.74) is 4.08. The third-order valence-electron chi connectivity index (χ3n) is 4.60. The van der Waals surface area contributed by atoms with Gasteiger partial charge < -0.3 is 14.5 Å². The number of aryl methyl sites for hydroxylation is 2. The van der Waals surface area contributed by atoms with Gasteiger partial charge in [-0.3, -0.25) is 9.69 Å². The molecule has 2 aromatic rings. The third-order valence-corrected chi connectivity index (χ3v) is 5.62. The summed E-state index contributed by atoms with van der Waals surface area (Å²) in [6, 6.07) is 0. The minimum absolute atomic E-state index is 0.000670. The molecule has 2 aromatic heterocycles. The quantitative estimate of drug-likeness (QED) is 0.894. The zero-order valence-electron chi connectivity index (χ0n) is 14.3. The predicted molar refractivity (Wildman–Crippen MR) is 92.2 cm³/mol. The summed E-state index contributed by atoms with van der Waals surface area (Å²) in [5.74, 6) is 0.881. The van der Waals surface area contributed by atoms with E-state index in [4.69, 9.17) is 9.63 Å². The Bertz CT molecular complexity index is 718. The van der Waals surface area contributed by atoms with Crippen molar-refractivity contribution < 1.29 is 14.4 Å². The zero-order chi connectivity index (χ0) is 17.3. The van der Waals surface area contributed by atoms with Crippen LogP contribution in [0.2, 0.25) is 0 Å². The average Bonchev–Trinajstić information content (AvgIpc) is 3.12. The van der Waals surface area contributed by atoms with Crippen LogP contribution in [-0.4, -0.2) is 52.7 Å². The number of likely N-dealkylation sites (N-methyl/N-ethyl adjacent to an activating group) is 1. The Balaban J connectivity index is 1.73. The fourth-order valence-corrected chi connectivity index (χ4v) is 4.22. The number of aliphatic hydroxyl groups is 1. The summed E-state index contributed by atoms with van der Waals surface area (Å²) in [6.07, 6.45) is 0.871. The summed E-state index contributed by atoms with van der Waals surface area (Å²) in [4.78, 5) is 17.7. The van der Waals surface area contributed by atoms with Gasteiger partial charge in [0.1, 0.15) is 5.76 Å². The van der Waals surface area contributed by atoms with E-state index in [-0.39, 0.29) is 12.5 Å². The molecule has 7 heteroatoms. The second kappa shape index (κ2) is 7.04. The van der Waals surface area contributed by atoms with E-state index in [0.717, 1.165) is 48.6 Å². The zero-order valence-corrected chi connectivity index (χ0v) is 15.2. The van der Waals surface area contributed by atoms with E-state index in [1.54, 1.807) is 23.3 Å². The van der Waals surface area contributed by atoms with Crippen molar-refractivity contribution in [2.24, 2.45) is 0 Å². The molecule has 1 N–H and O–H groups in total. The van der Waals surface area contributed by atoms with Crippen molar-refractivity contribution in [1.29, 1.82) is 0 Å². The summed E-state index contributed by atoms with van der Waals surface area (Å²) in [5, 5.41) is 15.0. The molecule has 1 aliphatic heterocycles. The van der Waals surface area contributed by atoms with Gasteiger partial charge in [0.2, 0.25) is 0 Å². The van der Waals surface area contributed by atoms with E-state index in [0.29, 0.717) is 6.54 Å². The van der Waals surface area contributed by atoms with E-state index >= 15 is 0 Å². The number of fused-ring (bicyclic) bond motifs is 1. The Morgan fingerprint density at radius 3 is 2.96 bits per heavy atom. The molecule has 1 aliphatic rings. The highest BCUT2D eigenvalue weighted by Crippen LogP contribution is 2.30. The van der Waals surface area contributed by atoms with Gasteiger partial charge in [-0.05, 0) is 25.8 Å². The molecule has 0 aromatic carbocycles. The van der Waals surface area contributed by atoms with Crippen LogP contribution in [0.4, 0.5) is 0 Å². The molecule has 6 nitrogen and oxygen atoms in total. The monoisotopic (exact) mass is 349 g/mol. The molecule has 3 heterocycles. The molecule has 0 spiro atoms. The molecule has 24 heavy (non-hydrogen) atoms. The van der Waals surface area contributed by atoms with Crippen molar-refractivity contribution in [3.63, 3.8) is 0 Å². The van der Waals surface area contributed by atoms with Gasteiger partial charge in [0.25, 0.3) is 5.91 Å². The lowest BCUT2D eigenvalue weighted by Gasteiger charge is -2.27. The first-order valence-corrected chi connectivity index (χ1v) is 8.99. The molecule has 0 atom stereocenters. The first-order chi connectivity index (χ1) is 11.5. The highest BCUT2D eigenvalue weighted by Gasteiger charge is 2.26. The molecule has 0 fully saturated rings. The van der Waals surface area contributed by atoms with Crippen molar-refractivity contribution in [2.75, 3.05) is 26.7 Å². The van der Waals surface area contributed by atoms with Gasteiger partial charge in [-0.1, -0.05) is 5.16 Å². The average molecular weight is 349 g/mol. The van der Waals surface area contributed by atoms with E-state index in [1.165, 1.54) is 10.4 Å². The lowest BCUT2D eigenvalue weighted by Crippen LogP contribution is -2.33.